The molecule has 1 aliphatic heterocycles. The van der Waals surface area contributed by atoms with E-state index in [0.717, 1.165) is 42.7 Å². The maximum absolute atomic E-state index is 12.7. The van der Waals surface area contributed by atoms with Gasteiger partial charge in [0.05, 0.1) is 12.2 Å². The second-order valence-electron chi connectivity index (χ2n) is 5.46. The summed E-state index contributed by atoms with van der Waals surface area (Å²) < 4.78 is 6.62. The van der Waals surface area contributed by atoms with Gasteiger partial charge in [0.25, 0.3) is 5.91 Å². The number of amides is 1. The Morgan fingerprint density at radius 3 is 2.75 bits per heavy atom. The van der Waals surface area contributed by atoms with Gasteiger partial charge in [-0.15, -0.1) is 0 Å². The molecule has 1 aliphatic rings. The third-order valence-electron chi connectivity index (χ3n) is 3.70. The normalized spacial score (nSPS) is 16.2. The van der Waals surface area contributed by atoms with Crippen molar-refractivity contribution < 1.29 is 9.53 Å². The number of likely N-dealkylation sites (tertiary alicyclic amines) is 1. The number of piperidine rings is 1. The fourth-order valence-electron chi connectivity index (χ4n) is 2.39. The van der Waals surface area contributed by atoms with Crippen molar-refractivity contribution >= 4 is 21.8 Å². The molecule has 2 rings (SSSR count). The van der Waals surface area contributed by atoms with Crippen LogP contribution in [0.4, 0.5) is 0 Å². The van der Waals surface area contributed by atoms with Crippen molar-refractivity contribution in [2.45, 2.75) is 33.1 Å². The first-order valence-electron chi connectivity index (χ1n) is 7.33. The largest absolute Gasteiger partial charge is 0.493 e. The molecule has 1 aromatic rings. The lowest BCUT2D eigenvalue weighted by Crippen LogP contribution is -2.38. The number of halogens is 1. The smallest absolute Gasteiger partial charge is 0.257 e. The molecule has 0 aromatic heterocycles. The van der Waals surface area contributed by atoms with Gasteiger partial charge in [-0.05, 0) is 43.4 Å². The van der Waals surface area contributed by atoms with Crippen molar-refractivity contribution in [2.75, 3.05) is 19.7 Å². The van der Waals surface area contributed by atoms with E-state index in [4.69, 9.17) is 4.74 Å². The Morgan fingerprint density at radius 2 is 2.10 bits per heavy atom. The van der Waals surface area contributed by atoms with Crippen molar-refractivity contribution in [2.24, 2.45) is 5.92 Å². The van der Waals surface area contributed by atoms with E-state index in [2.05, 4.69) is 29.8 Å². The highest BCUT2D eigenvalue weighted by molar-refractivity contribution is 9.10. The molecule has 110 valence electrons. The number of hydrogen-bond donors (Lipinski definition) is 0. The molecule has 3 nitrogen and oxygen atoms in total. The van der Waals surface area contributed by atoms with Gasteiger partial charge in [-0.3, -0.25) is 4.79 Å². The molecule has 1 heterocycles. The zero-order valence-corrected chi connectivity index (χ0v) is 13.8. The molecule has 1 saturated heterocycles. The van der Waals surface area contributed by atoms with Gasteiger partial charge in [0, 0.05) is 17.6 Å². The predicted octanol–water partition coefficient (Wildman–Crippen LogP) is 4.11. The highest BCUT2D eigenvalue weighted by Crippen LogP contribution is 2.26. The van der Waals surface area contributed by atoms with Crippen molar-refractivity contribution in [3.05, 3.63) is 28.2 Å². The lowest BCUT2D eigenvalue weighted by molar-refractivity contribution is 0.0692. The van der Waals surface area contributed by atoms with Gasteiger partial charge in [-0.25, -0.2) is 0 Å². The molecule has 0 spiro atoms. The first-order chi connectivity index (χ1) is 9.61. The molecule has 0 atom stereocenters. The fourth-order valence-corrected chi connectivity index (χ4v) is 2.75. The Labute approximate surface area is 129 Å². The first kappa shape index (κ1) is 15.4. The number of hydrogen-bond acceptors (Lipinski definition) is 2. The lowest BCUT2D eigenvalue weighted by Gasteiger charge is -2.30. The average molecular weight is 340 g/mol. The monoisotopic (exact) mass is 339 g/mol. The Bertz CT molecular complexity index is 468. The van der Waals surface area contributed by atoms with Crippen LogP contribution < -0.4 is 4.74 Å². The summed E-state index contributed by atoms with van der Waals surface area (Å²) in [6.07, 6.45) is 3.11. The van der Waals surface area contributed by atoms with Crippen LogP contribution in [0.25, 0.3) is 0 Å². The lowest BCUT2D eigenvalue weighted by atomic mass is 9.98. The fraction of sp³-hybridized carbons (Fsp3) is 0.562. The second kappa shape index (κ2) is 7.11. The van der Waals surface area contributed by atoms with Crippen LogP contribution in [-0.2, 0) is 0 Å². The third-order valence-corrected chi connectivity index (χ3v) is 4.20. The van der Waals surface area contributed by atoms with Gasteiger partial charge in [-0.2, -0.15) is 0 Å². The number of rotatable bonds is 4. The highest BCUT2D eigenvalue weighted by Gasteiger charge is 2.24. The van der Waals surface area contributed by atoms with Crippen LogP contribution in [0.15, 0.2) is 22.7 Å². The number of carbonyl (C=O) groups is 1. The topological polar surface area (TPSA) is 29.5 Å². The Balaban J connectivity index is 2.17. The molecule has 0 aliphatic carbocycles. The van der Waals surface area contributed by atoms with Crippen molar-refractivity contribution in [3.8, 4) is 5.75 Å². The number of carbonyl (C=O) groups excluding carboxylic acids is 1. The van der Waals surface area contributed by atoms with Gasteiger partial charge in [0.15, 0.2) is 0 Å². The minimum Gasteiger partial charge on any atom is -0.493 e. The number of nitrogens with zero attached hydrogens (tertiary/aromatic N) is 1. The Morgan fingerprint density at radius 1 is 1.40 bits per heavy atom. The summed E-state index contributed by atoms with van der Waals surface area (Å²) in [5.74, 6) is 1.50. The van der Waals surface area contributed by atoms with Crippen LogP contribution in [0.3, 0.4) is 0 Å². The summed E-state index contributed by atoms with van der Waals surface area (Å²) in [5, 5.41) is 0. The average Bonchev–Trinajstić information content (AvgIpc) is 2.46. The van der Waals surface area contributed by atoms with Crippen molar-refractivity contribution in [1.29, 1.82) is 0 Å². The molecule has 0 N–H and O–H groups in total. The molecule has 0 saturated carbocycles. The first-order valence-corrected chi connectivity index (χ1v) is 8.12. The van der Waals surface area contributed by atoms with E-state index < -0.39 is 0 Å². The minimum absolute atomic E-state index is 0.0873. The van der Waals surface area contributed by atoms with Crippen molar-refractivity contribution in [3.63, 3.8) is 0 Å². The van der Waals surface area contributed by atoms with Gasteiger partial charge < -0.3 is 9.64 Å². The predicted molar refractivity (Wildman–Crippen MR) is 84.2 cm³/mol. The minimum atomic E-state index is 0.0873. The van der Waals surface area contributed by atoms with Crippen LogP contribution >= 0.6 is 15.9 Å². The molecule has 1 amide bonds. The molecular formula is C16H22BrNO2. The number of ether oxygens (including phenoxy) is 1. The van der Waals surface area contributed by atoms with Gasteiger partial charge >= 0.3 is 0 Å². The van der Waals surface area contributed by atoms with E-state index in [1.807, 2.05) is 23.1 Å². The summed E-state index contributed by atoms with van der Waals surface area (Å²) in [6, 6.07) is 5.66. The van der Waals surface area contributed by atoms with E-state index in [1.54, 1.807) is 0 Å². The molecule has 0 radical (unpaired) electrons. The van der Waals surface area contributed by atoms with Crippen LogP contribution in [0.1, 0.15) is 43.5 Å². The van der Waals surface area contributed by atoms with E-state index in [9.17, 15) is 4.79 Å². The van der Waals surface area contributed by atoms with Gasteiger partial charge in [0.1, 0.15) is 5.75 Å². The van der Waals surface area contributed by atoms with E-state index in [-0.39, 0.29) is 5.91 Å². The molecule has 4 heteroatoms. The summed E-state index contributed by atoms with van der Waals surface area (Å²) in [6.45, 7) is 6.64. The van der Waals surface area contributed by atoms with Crippen LogP contribution in [-0.4, -0.2) is 30.5 Å². The van der Waals surface area contributed by atoms with Crippen LogP contribution in [0.2, 0.25) is 0 Å². The summed E-state index contributed by atoms with van der Waals surface area (Å²) in [4.78, 5) is 14.6. The second-order valence-corrected chi connectivity index (χ2v) is 6.38. The summed E-state index contributed by atoms with van der Waals surface area (Å²) >= 11 is 3.44. The SMILES string of the molecule is CCCOc1ccc(Br)cc1C(=O)N1CCC(C)CC1. The number of benzene rings is 1. The van der Waals surface area contributed by atoms with Crippen LogP contribution in [0, 0.1) is 5.92 Å². The summed E-state index contributed by atoms with van der Waals surface area (Å²) in [5.41, 5.74) is 0.669. The quantitative estimate of drug-likeness (QED) is 0.826. The maximum atomic E-state index is 12.7. The standard InChI is InChI=1S/C16H22BrNO2/c1-3-10-20-15-5-4-13(17)11-14(15)16(19)18-8-6-12(2)7-9-18/h4-5,11-12H,3,6-10H2,1-2H3. The van der Waals surface area contributed by atoms with Crippen LogP contribution in [0.5, 0.6) is 5.75 Å². The highest BCUT2D eigenvalue weighted by atomic mass is 79.9. The summed E-state index contributed by atoms with van der Waals surface area (Å²) in [7, 11) is 0. The molecule has 20 heavy (non-hydrogen) atoms. The molecule has 1 aromatic carbocycles. The Kier molecular flexibility index (Phi) is 5.46. The molecule has 0 bridgehead atoms. The third kappa shape index (κ3) is 3.75. The maximum Gasteiger partial charge on any atom is 0.257 e. The zero-order valence-electron chi connectivity index (χ0n) is 12.2. The zero-order chi connectivity index (χ0) is 14.5. The van der Waals surface area contributed by atoms with Crippen molar-refractivity contribution in [1.82, 2.24) is 4.90 Å². The van der Waals surface area contributed by atoms with E-state index >= 15 is 0 Å². The molecule has 1 fully saturated rings. The van der Waals surface area contributed by atoms with Gasteiger partial charge in [0.2, 0.25) is 0 Å². The Hall–Kier alpha value is -1.03. The van der Waals surface area contributed by atoms with Gasteiger partial charge in [-0.1, -0.05) is 29.8 Å². The van der Waals surface area contributed by atoms with E-state index in [0.29, 0.717) is 17.9 Å². The van der Waals surface area contributed by atoms with E-state index in [1.165, 1.54) is 0 Å². The molecular weight excluding hydrogens is 318 g/mol. The molecule has 0 unspecified atom stereocenters.